The number of methoxy groups -OCH3 is 4. The Morgan fingerprint density at radius 2 is 0.977 bits per heavy atom. The molecular formula is C37H29F2NO4. The quantitative estimate of drug-likeness (QED) is 0.177. The van der Waals surface area contributed by atoms with E-state index in [1.807, 2.05) is 48.5 Å². The molecule has 0 atom stereocenters. The summed E-state index contributed by atoms with van der Waals surface area (Å²) in [4.78, 5) is 4.69. The zero-order valence-corrected chi connectivity index (χ0v) is 24.7. The van der Waals surface area contributed by atoms with Crippen molar-refractivity contribution in [2.24, 2.45) is 0 Å². The van der Waals surface area contributed by atoms with Gasteiger partial charge in [0.1, 0.15) is 11.6 Å². The van der Waals surface area contributed by atoms with E-state index in [-0.39, 0.29) is 11.6 Å². The number of hydrogen-bond acceptors (Lipinski definition) is 5. The average Bonchev–Trinajstić information content (AvgIpc) is 3.07. The van der Waals surface area contributed by atoms with Crippen LogP contribution in [0.3, 0.4) is 0 Å². The molecule has 1 aromatic heterocycles. The normalized spacial score (nSPS) is 11.0. The first-order chi connectivity index (χ1) is 21.4. The first-order valence-corrected chi connectivity index (χ1v) is 13.9. The van der Waals surface area contributed by atoms with Crippen LogP contribution in [-0.2, 0) is 0 Å². The summed E-state index contributed by atoms with van der Waals surface area (Å²) in [6.07, 6.45) is 1.80. The van der Waals surface area contributed by atoms with Gasteiger partial charge in [-0.3, -0.25) is 4.98 Å². The summed E-state index contributed by atoms with van der Waals surface area (Å²) in [5.74, 6) is 1.68. The van der Waals surface area contributed by atoms with Crippen LogP contribution in [0.15, 0.2) is 103 Å². The van der Waals surface area contributed by atoms with E-state index in [4.69, 9.17) is 23.9 Å². The van der Waals surface area contributed by atoms with Crippen molar-refractivity contribution in [1.82, 2.24) is 4.98 Å². The average molecular weight is 590 g/mol. The Bertz CT molecular complexity index is 1910. The van der Waals surface area contributed by atoms with Crippen LogP contribution in [0, 0.1) is 11.6 Å². The van der Waals surface area contributed by atoms with Crippen molar-refractivity contribution in [1.29, 1.82) is 0 Å². The van der Waals surface area contributed by atoms with Gasteiger partial charge in [0.2, 0.25) is 0 Å². The van der Waals surface area contributed by atoms with Gasteiger partial charge in [-0.1, -0.05) is 24.3 Å². The maximum absolute atomic E-state index is 13.8. The lowest BCUT2D eigenvalue weighted by Crippen LogP contribution is -1.96. The molecule has 0 N–H and O–H groups in total. The SMILES string of the molecule is COc1cc2cc(-c3cc(OC)c(OC)c(-c4cc(-c5ccc(F)cc5)cc(-c5ccc(F)cc5)c4)c3)cnc2cc1OC. The van der Waals surface area contributed by atoms with Gasteiger partial charge in [0.15, 0.2) is 23.0 Å². The first-order valence-electron chi connectivity index (χ1n) is 13.9. The van der Waals surface area contributed by atoms with E-state index >= 15 is 0 Å². The summed E-state index contributed by atoms with van der Waals surface area (Å²) in [6.45, 7) is 0. The second kappa shape index (κ2) is 12.1. The number of ether oxygens (including phenoxy) is 4. The molecule has 44 heavy (non-hydrogen) atoms. The molecule has 0 fully saturated rings. The van der Waals surface area contributed by atoms with Crippen LogP contribution in [0.25, 0.3) is 55.4 Å². The molecule has 0 aliphatic carbocycles. The van der Waals surface area contributed by atoms with E-state index in [2.05, 4.69) is 0 Å². The van der Waals surface area contributed by atoms with Gasteiger partial charge in [-0.2, -0.15) is 0 Å². The molecule has 0 spiro atoms. The number of benzene rings is 5. The van der Waals surface area contributed by atoms with Crippen LogP contribution < -0.4 is 18.9 Å². The van der Waals surface area contributed by atoms with Crippen LogP contribution in [0.2, 0.25) is 0 Å². The lowest BCUT2D eigenvalue weighted by atomic mass is 9.91. The molecule has 7 heteroatoms. The molecule has 0 saturated heterocycles. The van der Waals surface area contributed by atoms with E-state index in [0.717, 1.165) is 55.4 Å². The molecule has 0 unspecified atom stereocenters. The molecule has 0 saturated carbocycles. The molecular weight excluding hydrogens is 560 g/mol. The van der Waals surface area contributed by atoms with E-state index in [1.165, 1.54) is 24.3 Å². The van der Waals surface area contributed by atoms with Gasteiger partial charge in [-0.05, 0) is 100 Å². The Morgan fingerprint density at radius 3 is 1.52 bits per heavy atom. The number of fused-ring (bicyclic) bond motifs is 1. The number of aromatic nitrogens is 1. The minimum Gasteiger partial charge on any atom is -0.493 e. The largest absolute Gasteiger partial charge is 0.493 e. The smallest absolute Gasteiger partial charge is 0.168 e. The fourth-order valence-electron chi connectivity index (χ4n) is 5.36. The Morgan fingerprint density at radius 1 is 0.455 bits per heavy atom. The van der Waals surface area contributed by atoms with Crippen LogP contribution in [-0.4, -0.2) is 33.4 Å². The van der Waals surface area contributed by atoms with Gasteiger partial charge in [-0.15, -0.1) is 0 Å². The van der Waals surface area contributed by atoms with Crippen molar-refractivity contribution >= 4 is 10.9 Å². The molecule has 6 aromatic rings. The van der Waals surface area contributed by atoms with Crippen molar-refractivity contribution in [2.75, 3.05) is 28.4 Å². The van der Waals surface area contributed by atoms with Crippen molar-refractivity contribution in [3.05, 3.63) is 115 Å². The molecule has 6 rings (SSSR count). The number of rotatable bonds is 8. The molecule has 0 amide bonds. The first kappa shape index (κ1) is 28.7. The van der Waals surface area contributed by atoms with Crippen molar-refractivity contribution in [3.63, 3.8) is 0 Å². The molecule has 5 nitrogen and oxygen atoms in total. The summed E-state index contributed by atoms with van der Waals surface area (Å²) in [5, 5.41) is 0.883. The maximum Gasteiger partial charge on any atom is 0.168 e. The monoisotopic (exact) mass is 589 g/mol. The fraction of sp³-hybridized carbons (Fsp3) is 0.108. The van der Waals surface area contributed by atoms with Crippen LogP contribution >= 0.6 is 0 Å². The third-order valence-electron chi connectivity index (χ3n) is 7.60. The predicted molar refractivity (Wildman–Crippen MR) is 170 cm³/mol. The molecule has 0 radical (unpaired) electrons. The Labute approximate surface area is 254 Å². The number of halogens is 2. The minimum atomic E-state index is -0.317. The minimum absolute atomic E-state index is 0.317. The summed E-state index contributed by atoms with van der Waals surface area (Å²) in [5.41, 5.74) is 7.50. The van der Waals surface area contributed by atoms with Crippen LogP contribution in [0.4, 0.5) is 8.78 Å². The second-order valence-electron chi connectivity index (χ2n) is 10.2. The van der Waals surface area contributed by atoms with Gasteiger partial charge in [0.05, 0.1) is 34.0 Å². The third-order valence-corrected chi connectivity index (χ3v) is 7.60. The highest BCUT2D eigenvalue weighted by Crippen LogP contribution is 2.44. The van der Waals surface area contributed by atoms with Crippen molar-refractivity contribution < 1.29 is 27.7 Å². The lowest BCUT2D eigenvalue weighted by molar-refractivity contribution is 0.356. The van der Waals surface area contributed by atoms with E-state index in [0.29, 0.717) is 23.0 Å². The molecule has 220 valence electrons. The van der Waals surface area contributed by atoms with Crippen LogP contribution in [0.1, 0.15) is 0 Å². The maximum atomic E-state index is 13.8. The van der Waals surface area contributed by atoms with Crippen molar-refractivity contribution in [3.8, 4) is 67.5 Å². The lowest BCUT2D eigenvalue weighted by Gasteiger charge is -2.18. The summed E-state index contributed by atoms with van der Waals surface area (Å²) >= 11 is 0. The highest BCUT2D eigenvalue weighted by molar-refractivity contribution is 5.90. The molecule has 0 bridgehead atoms. The van der Waals surface area contributed by atoms with E-state index < -0.39 is 0 Å². The zero-order chi connectivity index (χ0) is 30.8. The van der Waals surface area contributed by atoms with Crippen molar-refractivity contribution in [2.45, 2.75) is 0 Å². The Kier molecular flexibility index (Phi) is 7.85. The fourth-order valence-corrected chi connectivity index (χ4v) is 5.36. The number of hydrogen-bond donors (Lipinski definition) is 0. The molecule has 0 aliphatic heterocycles. The van der Waals surface area contributed by atoms with Gasteiger partial charge in [0.25, 0.3) is 0 Å². The second-order valence-corrected chi connectivity index (χ2v) is 10.2. The number of pyridine rings is 1. The highest BCUT2D eigenvalue weighted by Gasteiger charge is 2.18. The topological polar surface area (TPSA) is 49.8 Å². The standard InChI is InChI=1S/C37H29F2NO4/c1-41-34-19-28-16-29(21-40-33(28)20-35(34)42-2)26-17-32(37(44-4)36(18-26)43-3)27-14-24(22-5-9-30(38)10-6-22)13-25(15-27)23-7-11-31(39)12-8-23/h5-21H,1-4H3. The van der Waals surface area contributed by atoms with Gasteiger partial charge in [-0.25, -0.2) is 8.78 Å². The molecule has 5 aromatic carbocycles. The zero-order valence-electron chi connectivity index (χ0n) is 24.7. The van der Waals surface area contributed by atoms with Crippen LogP contribution in [0.5, 0.6) is 23.0 Å². The summed E-state index contributed by atoms with van der Waals surface area (Å²) in [6, 6.07) is 28.5. The van der Waals surface area contributed by atoms with Gasteiger partial charge >= 0.3 is 0 Å². The Hall–Kier alpha value is -5.43. The summed E-state index contributed by atoms with van der Waals surface area (Å²) < 4.78 is 50.3. The predicted octanol–water partition coefficient (Wildman–Crippen LogP) is 9.22. The molecule has 0 aliphatic rings. The van der Waals surface area contributed by atoms with E-state index in [9.17, 15) is 8.78 Å². The number of nitrogens with zero attached hydrogens (tertiary/aromatic N) is 1. The Balaban J connectivity index is 1.56. The highest BCUT2D eigenvalue weighted by atomic mass is 19.1. The van der Waals surface area contributed by atoms with Gasteiger partial charge < -0.3 is 18.9 Å². The summed E-state index contributed by atoms with van der Waals surface area (Å²) in [7, 11) is 6.39. The molecule has 1 heterocycles. The van der Waals surface area contributed by atoms with E-state index in [1.54, 1.807) is 58.9 Å². The van der Waals surface area contributed by atoms with Gasteiger partial charge in [0, 0.05) is 28.8 Å². The third kappa shape index (κ3) is 5.52.